The fraction of sp³-hybridized carbons (Fsp3) is 0.333. The van der Waals surface area contributed by atoms with E-state index in [1.807, 2.05) is 42.5 Å². The van der Waals surface area contributed by atoms with Crippen molar-refractivity contribution >= 4 is 16.6 Å². The van der Waals surface area contributed by atoms with Gasteiger partial charge in [-0.1, -0.05) is 24.3 Å². The molecule has 0 spiro atoms. The first kappa shape index (κ1) is 17.5. The second-order valence-electron chi connectivity index (χ2n) is 6.78. The van der Waals surface area contributed by atoms with Gasteiger partial charge < -0.3 is 14.6 Å². The highest BCUT2D eigenvalue weighted by atomic mass is 16.5. The maximum atomic E-state index is 12.2. The summed E-state index contributed by atoms with van der Waals surface area (Å²) >= 11 is 0. The maximum Gasteiger partial charge on any atom is 0.258 e. The largest absolute Gasteiger partial charge is 0.495 e. The average Bonchev–Trinajstić information content (AvgIpc) is 2.73. The quantitative estimate of drug-likeness (QED) is 0.753. The molecule has 0 saturated carbocycles. The number of benzene rings is 2. The number of H-pyrrole nitrogens is 1. The van der Waals surface area contributed by atoms with Gasteiger partial charge in [0.25, 0.3) is 5.56 Å². The molecule has 6 heteroatoms. The highest BCUT2D eigenvalue weighted by Gasteiger charge is 2.19. The van der Waals surface area contributed by atoms with Gasteiger partial charge in [-0.15, -0.1) is 0 Å². The highest BCUT2D eigenvalue weighted by Crippen LogP contribution is 2.28. The number of aromatic nitrogens is 2. The van der Waals surface area contributed by atoms with E-state index in [9.17, 15) is 4.79 Å². The lowest BCUT2D eigenvalue weighted by Crippen LogP contribution is -2.47. The Labute approximate surface area is 158 Å². The number of fused-ring (bicyclic) bond motifs is 1. The SMILES string of the molecule is COc1ccccc1N1CCN(CCc2nc3ccccc3c(=O)[nH]2)CC1. The predicted octanol–water partition coefficient (Wildman–Crippen LogP) is 2.30. The summed E-state index contributed by atoms with van der Waals surface area (Å²) in [6, 6.07) is 15.6. The number of hydrogen-bond acceptors (Lipinski definition) is 5. The third kappa shape index (κ3) is 3.80. The first-order valence-electron chi connectivity index (χ1n) is 9.33. The molecular formula is C21H24N4O2. The number of ether oxygens (including phenoxy) is 1. The van der Waals surface area contributed by atoms with E-state index in [0.29, 0.717) is 5.39 Å². The van der Waals surface area contributed by atoms with Gasteiger partial charge in [0, 0.05) is 39.1 Å². The van der Waals surface area contributed by atoms with Gasteiger partial charge in [-0.3, -0.25) is 9.69 Å². The molecule has 6 nitrogen and oxygen atoms in total. The van der Waals surface area contributed by atoms with Crippen molar-refractivity contribution in [2.75, 3.05) is 44.7 Å². The predicted molar refractivity (Wildman–Crippen MR) is 108 cm³/mol. The third-order valence-corrected chi connectivity index (χ3v) is 5.12. The number of nitrogens with zero attached hydrogens (tertiary/aromatic N) is 3. The number of para-hydroxylation sites is 3. The smallest absolute Gasteiger partial charge is 0.258 e. The van der Waals surface area contributed by atoms with Crippen LogP contribution >= 0.6 is 0 Å². The van der Waals surface area contributed by atoms with E-state index in [2.05, 4.69) is 25.8 Å². The molecule has 1 saturated heterocycles. The summed E-state index contributed by atoms with van der Waals surface area (Å²) in [7, 11) is 1.71. The molecule has 0 atom stereocenters. The van der Waals surface area contributed by atoms with Gasteiger partial charge in [-0.05, 0) is 24.3 Å². The number of nitrogens with one attached hydrogen (secondary N) is 1. The van der Waals surface area contributed by atoms with E-state index < -0.39 is 0 Å². The Hall–Kier alpha value is -2.86. The number of aromatic amines is 1. The van der Waals surface area contributed by atoms with Gasteiger partial charge in [0.05, 0.1) is 23.7 Å². The lowest BCUT2D eigenvalue weighted by Gasteiger charge is -2.36. The lowest BCUT2D eigenvalue weighted by molar-refractivity contribution is 0.258. The van der Waals surface area contributed by atoms with Crippen molar-refractivity contribution in [2.24, 2.45) is 0 Å². The summed E-state index contributed by atoms with van der Waals surface area (Å²) in [6.45, 7) is 4.77. The molecule has 0 amide bonds. The van der Waals surface area contributed by atoms with Crippen LogP contribution in [0.4, 0.5) is 5.69 Å². The van der Waals surface area contributed by atoms with E-state index in [0.717, 1.165) is 61.9 Å². The zero-order chi connectivity index (χ0) is 18.6. The second kappa shape index (κ2) is 7.80. The standard InChI is InChI=1S/C21H24N4O2/c1-27-19-9-5-4-8-18(19)25-14-12-24(13-15-25)11-10-20-22-17-7-3-2-6-16(17)21(26)23-20/h2-9H,10-15H2,1H3,(H,22,23,26). The number of methoxy groups -OCH3 is 1. The Morgan fingerprint density at radius 2 is 1.78 bits per heavy atom. The van der Waals surface area contributed by atoms with Crippen LogP contribution in [-0.2, 0) is 6.42 Å². The molecule has 1 aliphatic heterocycles. The van der Waals surface area contributed by atoms with Crippen LogP contribution in [0, 0.1) is 0 Å². The van der Waals surface area contributed by atoms with Crippen LogP contribution in [0.3, 0.4) is 0 Å². The molecule has 140 valence electrons. The Morgan fingerprint density at radius 1 is 1.04 bits per heavy atom. The molecule has 1 N–H and O–H groups in total. The number of anilines is 1. The third-order valence-electron chi connectivity index (χ3n) is 5.12. The zero-order valence-corrected chi connectivity index (χ0v) is 15.5. The van der Waals surface area contributed by atoms with Crippen molar-refractivity contribution in [1.29, 1.82) is 0 Å². The summed E-state index contributed by atoms with van der Waals surface area (Å²) in [5.41, 5.74) is 1.86. The average molecular weight is 364 g/mol. The van der Waals surface area contributed by atoms with Crippen molar-refractivity contribution in [2.45, 2.75) is 6.42 Å². The lowest BCUT2D eigenvalue weighted by atomic mass is 10.2. The Morgan fingerprint density at radius 3 is 2.59 bits per heavy atom. The number of piperazine rings is 1. The Balaban J connectivity index is 1.37. The Bertz CT molecular complexity index is 977. The van der Waals surface area contributed by atoms with Crippen LogP contribution in [0.2, 0.25) is 0 Å². The van der Waals surface area contributed by atoms with Crippen LogP contribution in [0.1, 0.15) is 5.82 Å². The highest BCUT2D eigenvalue weighted by molar-refractivity contribution is 5.77. The van der Waals surface area contributed by atoms with Gasteiger partial charge in [0.15, 0.2) is 0 Å². The summed E-state index contributed by atoms with van der Waals surface area (Å²) in [6.07, 6.45) is 0.745. The minimum atomic E-state index is -0.0587. The van der Waals surface area contributed by atoms with Crippen LogP contribution in [0.25, 0.3) is 10.9 Å². The molecule has 0 aliphatic carbocycles. The van der Waals surface area contributed by atoms with Crippen LogP contribution < -0.4 is 15.2 Å². The van der Waals surface area contributed by atoms with E-state index in [1.54, 1.807) is 7.11 Å². The fourth-order valence-corrected chi connectivity index (χ4v) is 3.62. The fourth-order valence-electron chi connectivity index (χ4n) is 3.62. The second-order valence-corrected chi connectivity index (χ2v) is 6.78. The maximum absolute atomic E-state index is 12.2. The first-order chi connectivity index (χ1) is 13.2. The molecule has 1 aromatic heterocycles. The number of rotatable bonds is 5. The molecule has 0 unspecified atom stereocenters. The number of hydrogen-bond donors (Lipinski definition) is 1. The van der Waals surface area contributed by atoms with E-state index in [-0.39, 0.29) is 5.56 Å². The summed E-state index contributed by atoms with van der Waals surface area (Å²) < 4.78 is 5.48. The van der Waals surface area contributed by atoms with Crippen LogP contribution in [0.15, 0.2) is 53.3 Å². The van der Waals surface area contributed by atoms with Gasteiger partial charge >= 0.3 is 0 Å². The molecule has 27 heavy (non-hydrogen) atoms. The van der Waals surface area contributed by atoms with Crippen molar-refractivity contribution in [1.82, 2.24) is 14.9 Å². The molecule has 3 aromatic rings. The minimum absolute atomic E-state index is 0.0587. The Kier molecular flexibility index (Phi) is 5.07. The summed E-state index contributed by atoms with van der Waals surface area (Å²) in [4.78, 5) is 24.5. The molecule has 2 aromatic carbocycles. The van der Waals surface area contributed by atoms with Crippen molar-refractivity contribution < 1.29 is 4.74 Å². The summed E-state index contributed by atoms with van der Waals surface area (Å²) in [5, 5.41) is 0.645. The van der Waals surface area contributed by atoms with Gasteiger partial charge in [0.2, 0.25) is 0 Å². The van der Waals surface area contributed by atoms with Crippen LogP contribution in [0.5, 0.6) is 5.75 Å². The monoisotopic (exact) mass is 364 g/mol. The molecule has 2 heterocycles. The summed E-state index contributed by atoms with van der Waals surface area (Å²) in [5.74, 6) is 1.68. The van der Waals surface area contributed by atoms with E-state index in [4.69, 9.17) is 4.74 Å². The molecule has 4 rings (SSSR count). The normalized spacial score (nSPS) is 15.2. The van der Waals surface area contributed by atoms with Crippen LogP contribution in [-0.4, -0.2) is 54.7 Å². The zero-order valence-electron chi connectivity index (χ0n) is 15.5. The molecule has 0 bridgehead atoms. The van der Waals surface area contributed by atoms with E-state index in [1.165, 1.54) is 0 Å². The van der Waals surface area contributed by atoms with Crippen molar-refractivity contribution in [3.63, 3.8) is 0 Å². The van der Waals surface area contributed by atoms with E-state index >= 15 is 0 Å². The molecular weight excluding hydrogens is 340 g/mol. The first-order valence-corrected chi connectivity index (χ1v) is 9.33. The topological polar surface area (TPSA) is 61.5 Å². The van der Waals surface area contributed by atoms with Crippen molar-refractivity contribution in [3.05, 3.63) is 64.7 Å². The van der Waals surface area contributed by atoms with Crippen molar-refractivity contribution in [3.8, 4) is 5.75 Å². The molecule has 1 aliphatic rings. The van der Waals surface area contributed by atoms with Gasteiger partial charge in [-0.25, -0.2) is 4.98 Å². The molecule has 0 radical (unpaired) electrons. The van der Waals surface area contributed by atoms with Gasteiger partial charge in [-0.2, -0.15) is 0 Å². The molecule has 1 fully saturated rings. The van der Waals surface area contributed by atoms with Gasteiger partial charge in [0.1, 0.15) is 11.6 Å². The minimum Gasteiger partial charge on any atom is -0.495 e.